The Labute approximate surface area is 129 Å². The van der Waals surface area contributed by atoms with Gasteiger partial charge in [-0.25, -0.2) is 9.48 Å². The number of aliphatic carboxylic acids is 1. The first-order chi connectivity index (χ1) is 10.6. The van der Waals surface area contributed by atoms with Gasteiger partial charge >= 0.3 is 11.9 Å². The second-order valence-electron chi connectivity index (χ2n) is 5.95. The van der Waals surface area contributed by atoms with Gasteiger partial charge < -0.3 is 10.2 Å². The van der Waals surface area contributed by atoms with Gasteiger partial charge in [0, 0.05) is 13.0 Å². The Kier molecular flexibility index (Phi) is 5.91. The molecule has 22 heavy (non-hydrogen) atoms. The van der Waals surface area contributed by atoms with Gasteiger partial charge in [0.15, 0.2) is 5.69 Å². The molecule has 1 heterocycles. The fraction of sp³-hybridized carbons (Fsp3) is 0.733. The van der Waals surface area contributed by atoms with E-state index in [0.717, 1.165) is 6.42 Å². The van der Waals surface area contributed by atoms with E-state index in [2.05, 4.69) is 10.3 Å². The van der Waals surface area contributed by atoms with Gasteiger partial charge in [-0.1, -0.05) is 37.3 Å². The number of hydrogen-bond acceptors (Lipinski definition) is 4. The number of hydrogen-bond donors (Lipinski definition) is 2. The third kappa shape index (κ3) is 4.54. The second-order valence-corrected chi connectivity index (χ2v) is 5.95. The number of aryl methyl sites for hydroxylation is 1. The summed E-state index contributed by atoms with van der Waals surface area (Å²) in [5.41, 5.74) is 0.634. The van der Waals surface area contributed by atoms with E-state index in [-0.39, 0.29) is 12.1 Å². The minimum Gasteiger partial charge on any atom is -0.481 e. The number of carboxylic acid groups (broad SMARTS) is 2. The van der Waals surface area contributed by atoms with Crippen LogP contribution in [0.4, 0.5) is 0 Å². The van der Waals surface area contributed by atoms with Crippen LogP contribution in [-0.4, -0.2) is 37.1 Å². The Morgan fingerprint density at radius 2 is 1.91 bits per heavy atom. The lowest BCUT2D eigenvalue weighted by atomic mass is 9.85. The smallest absolute Gasteiger partial charge is 0.358 e. The Balaban J connectivity index is 1.99. The minimum absolute atomic E-state index is 0.00568. The SMILES string of the molecule is O=C(O)CCCn1nnc(C(=O)O)c1CCC1CCCCC1. The molecule has 0 saturated heterocycles. The second kappa shape index (κ2) is 7.91. The summed E-state index contributed by atoms with van der Waals surface area (Å²) in [6.07, 6.45) is 8.30. The van der Waals surface area contributed by atoms with Crippen molar-refractivity contribution < 1.29 is 19.8 Å². The predicted octanol–water partition coefficient (Wildman–Crippen LogP) is 2.35. The zero-order chi connectivity index (χ0) is 15.9. The summed E-state index contributed by atoms with van der Waals surface area (Å²) < 4.78 is 1.56. The molecule has 7 nitrogen and oxygen atoms in total. The minimum atomic E-state index is -1.07. The number of rotatable bonds is 8. The lowest BCUT2D eigenvalue weighted by Gasteiger charge is -2.21. The molecule has 1 aliphatic rings. The van der Waals surface area contributed by atoms with Gasteiger partial charge in [-0.15, -0.1) is 5.10 Å². The van der Waals surface area contributed by atoms with Crippen LogP contribution in [0.1, 0.15) is 67.5 Å². The third-order valence-corrected chi connectivity index (χ3v) is 4.31. The molecule has 0 spiro atoms. The fourth-order valence-electron chi connectivity index (χ4n) is 3.12. The summed E-state index contributed by atoms with van der Waals surface area (Å²) >= 11 is 0. The van der Waals surface area contributed by atoms with Gasteiger partial charge in [0.25, 0.3) is 0 Å². The molecule has 0 bridgehead atoms. The van der Waals surface area contributed by atoms with E-state index in [1.54, 1.807) is 4.68 Å². The molecule has 1 aliphatic carbocycles. The van der Waals surface area contributed by atoms with Crippen LogP contribution in [0.15, 0.2) is 0 Å². The summed E-state index contributed by atoms with van der Waals surface area (Å²) in [5.74, 6) is -1.27. The van der Waals surface area contributed by atoms with Gasteiger partial charge in [-0.2, -0.15) is 0 Å². The van der Waals surface area contributed by atoms with Crippen LogP contribution < -0.4 is 0 Å². The number of aromatic nitrogens is 3. The summed E-state index contributed by atoms with van der Waals surface area (Å²) in [7, 11) is 0. The molecular weight excluding hydrogens is 286 g/mol. The van der Waals surface area contributed by atoms with Crippen molar-refractivity contribution in [2.24, 2.45) is 5.92 Å². The number of carbonyl (C=O) groups is 2. The molecule has 0 unspecified atom stereocenters. The highest BCUT2D eigenvalue weighted by molar-refractivity contribution is 5.86. The molecule has 2 rings (SSSR count). The van der Waals surface area contributed by atoms with E-state index in [0.29, 0.717) is 31.0 Å². The Hall–Kier alpha value is -1.92. The van der Waals surface area contributed by atoms with Crippen LogP contribution in [0, 0.1) is 5.92 Å². The maximum atomic E-state index is 11.3. The van der Waals surface area contributed by atoms with Crippen LogP contribution in [0.25, 0.3) is 0 Å². The van der Waals surface area contributed by atoms with Crippen molar-refractivity contribution in [1.82, 2.24) is 15.0 Å². The first kappa shape index (κ1) is 16.5. The van der Waals surface area contributed by atoms with Crippen molar-refractivity contribution in [1.29, 1.82) is 0 Å². The summed E-state index contributed by atoms with van der Waals surface area (Å²) in [5, 5.41) is 25.5. The van der Waals surface area contributed by atoms with E-state index >= 15 is 0 Å². The lowest BCUT2D eigenvalue weighted by Crippen LogP contribution is -2.13. The molecule has 122 valence electrons. The van der Waals surface area contributed by atoms with Crippen LogP contribution in [-0.2, 0) is 17.8 Å². The maximum Gasteiger partial charge on any atom is 0.358 e. The van der Waals surface area contributed by atoms with E-state index in [4.69, 9.17) is 5.11 Å². The average molecular weight is 309 g/mol. The molecule has 2 N–H and O–H groups in total. The van der Waals surface area contributed by atoms with Crippen LogP contribution in [0.2, 0.25) is 0 Å². The highest BCUT2D eigenvalue weighted by Gasteiger charge is 2.21. The molecular formula is C15H23N3O4. The van der Waals surface area contributed by atoms with Crippen LogP contribution in [0.5, 0.6) is 0 Å². The molecule has 0 radical (unpaired) electrons. The van der Waals surface area contributed by atoms with Crippen molar-refractivity contribution in [3.05, 3.63) is 11.4 Å². The predicted molar refractivity (Wildman–Crippen MR) is 78.7 cm³/mol. The Morgan fingerprint density at radius 1 is 1.18 bits per heavy atom. The zero-order valence-electron chi connectivity index (χ0n) is 12.7. The summed E-state index contributed by atoms with van der Waals surface area (Å²) in [6, 6.07) is 0. The molecule has 1 aromatic heterocycles. The molecule has 1 fully saturated rings. The Morgan fingerprint density at radius 3 is 2.55 bits per heavy atom. The van der Waals surface area contributed by atoms with Crippen molar-refractivity contribution in [2.45, 2.75) is 64.3 Å². The van der Waals surface area contributed by atoms with E-state index in [1.165, 1.54) is 32.1 Å². The summed E-state index contributed by atoms with van der Waals surface area (Å²) in [6.45, 7) is 0.395. The van der Waals surface area contributed by atoms with Gasteiger partial charge in [0.05, 0.1) is 5.69 Å². The molecule has 0 aliphatic heterocycles. The zero-order valence-corrected chi connectivity index (χ0v) is 12.7. The molecule has 1 aromatic rings. The molecule has 1 saturated carbocycles. The standard InChI is InChI=1S/C15H23N3O4/c19-13(20)7-4-10-18-12(14(15(21)22)16-17-18)9-8-11-5-2-1-3-6-11/h11H,1-10H2,(H,19,20)(H,21,22). The number of nitrogens with zero attached hydrogens (tertiary/aromatic N) is 3. The average Bonchev–Trinajstić information content (AvgIpc) is 2.89. The largest absolute Gasteiger partial charge is 0.481 e. The van der Waals surface area contributed by atoms with Crippen LogP contribution in [0.3, 0.4) is 0 Å². The normalized spacial score (nSPS) is 15.8. The van der Waals surface area contributed by atoms with Crippen molar-refractivity contribution in [3.63, 3.8) is 0 Å². The van der Waals surface area contributed by atoms with Gasteiger partial charge in [0.1, 0.15) is 0 Å². The first-order valence-electron chi connectivity index (χ1n) is 7.95. The third-order valence-electron chi connectivity index (χ3n) is 4.31. The monoisotopic (exact) mass is 309 g/mol. The molecule has 0 atom stereocenters. The molecule has 0 amide bonds. The van der Waals surface area contributed by atoms with E-state index in [1.807, 2.05) is 0 Å². The van der Waals surface area contributed by atoms with E-state index < -0.39 is 11.9 Å². The number of carboxylic acids is 2. The van der Waals surface area contributed by atoms with Crippen LogP contribution >= 0.6 is 0 Å². The number of aromatic carboxylic acids is 1. The van der Waals surface area contributed by atoms with Gasteiger partial charge in [-0.3, -0.25) is 4.79 Å². The first-order valence-corrected chi connectivity index (χ1v) is 7.95. The molecule has 7 heteroatoms. The van der Waals surface area contributed by atoms with Gasteiger partial charge in [0.2, 0.25) is 0 Å². The van der Waals surface area contributed by atoms with E-state index in [9.17, 15) is 14.7 Å². The summed E-state index contributed by atoms with van der Waals surface area (Å²) in [4.78, 5) is 21.8. The highest BCUT2D eigenvalue weighted by Crippen LogP contribution is 2.27. The Bertz CT molecular complexity index is 521. The lowest BCUT2D eigenvalue weighted by molar-refractivity contribution is -0.137. The maximum absolute atomic E-state index is 11.3. The quantitative estimate of drug-likeness (QED) is 0.763. The molecule has 0 aromatic carbocycles. The van der Waals surface area contributed by atoms with Gasteiger partial charge in [-0.05, 0) is 25.2 Å². The topological polar surface area (TPSA) is 105 Å². The highest BCUT2D eigenvalue weighted by atomic mass is 16.4. The van der Waals surface area contributed by atoms with Crippen molar-refractivity contribution >= 4 is 11.9 Å². The van der Waals surface area contributed by atoms with Crippen molar-refractivity contribution in [2.75, 3.05) is 0 Å². The van der Waals surface area contributed by atoms with Crippen molar-refractivity contribution in [3.8, 4) is 0 Å². The fourth-order valence-corrected chi connectivity index (χ4v) is 3.12.